The highest BCUT2D eigenvalue weighted by atomic mass is 16.5. The summed E-state index contributed by atoms with van der Waals surface area (Å²) in [6, 6.07) is 7.03. The van der Waals surface area contributed by atoms with Gasteiger partial charge in [-0.15, -0.1) is 0 Å². The Balaban J connectivity index is 1.84. The van der Waals surface area contributed by atoms with Gasteiger partial charge in [-0.1, -0.05) is 6.07 Å². The second kappa shape index (κ2) is 5.35. The molecule has 1 aliphatic rings. The van der Waals surface area contributed by atoms with Crippen molar-refractivity contribution in [1.82, 2.24) is 9.78 Å². The predicted octanol–water partition coefficient (Wildman–Crippen LogP) is 0.681. The maximum absolute atomic E-state index is 12.3. The van der Waals surface area contributed by atoms with Crippen LogP contribution in [0.15, 0.2) is 24.3 Å². The van der Waals surface area contributed by atoms with E-state index in [0.29, 0.717) is 30.0 Å². The Morgan fingerprint density at radius 3 is 3.10 bits per heavy atom. The fraction of sp³-hybridized carbons (Fsp3) is 0.286. The fourth-order valence-electron chi connectivity index (χ4n) is 2.43. The second-order valence-electron chi connectivity index (χ2n) is 5.02. The van der Waals surface area contributed by atoms with Crippen molar-refractivity contribution in [2.75, 3.05) is 5.32 Å². The van der Waals surface area contributed by atoms with E-state index in [1.165, 1.54) is 0 Å². The minimum Gasteiger partial charge on any atom is -0.423 e. The second-order valence-corrected chi connectivity index (χ2v) is 5.02. The molecule has 0 bridgehead atoms. The van der Waals surface area contributed by atoms with Gasteiger partial charge in [-0.2, -0.15) is 5.10 Å². The predicted molar refractivity (Wildman–Crippen MR) is 79.4 cm³/mol. The Hall–Kier alpha value is -2.12. The number of aryl methyl sites for hydroxylation is 2. The van der Waals surface area contributed by atoms with Crippen LogP contribution >= 0.6 is 0 Å². The molecule has 1 aliphatic heterocycles. The van der Waals surface area contributed by atoms with Crippen molar-refractivity contribution < 1.29 is 14.5 Å². The molecule has 21 heavy (non-hydrogen) atoms. The van der Waals surface area contributed by atoms with Crippen molar-refractivity contribution in [2.24, 2.45) is 0 Å². The number of nitrogens with one attached hydrogen (secondary N) is 1. The molecule has 0 radical (unpaired) electrons. The van der Waals surface area contributed by atoms with Crippen LogP contribution in [0.2, 0.25) is 0 Å². The van der Waals surface area contributed by atoms with Gasteiger partial charge in [0.2, 0.25) is 0 Å². The average molecular weight is 285 g/mol. The molecular formula is C14H16BN3O3. The number of fused-ring (bicyclic) bond motifs is 1. The van der Waals surface area contributed by atoms with Gasteiger partial charge in [-0.05, 0) is 37.0 Å². The number of hydrogen-bond acceptors (Lipinski definition) is 4. The quantitative estimate of drug-likeness (QED) is 0.813. The number of carbonyl (C=O) groups excluding carboxylic acids is 1. The molecule has 1 amide bonds. The van der Waals surface area contributed by atoms with Crippen molar-refractivity contribution in [1.29, 1.82) is 0 Å². The van der Waals surface area contributed by atoms with Crippen LogP contribution < -0.4 is 10.8 Å². The van der Waals surface area contributed by atoms with Gasteiger partial charge in [-0.25, -0.2) is 4.68 Å². The normalized spacial score (nSPS) is 13.4. The number of amides is 1. The lowest BCUT2D eigenvalue weighted by molar-refractivity contribution is 0.102. The molecule has 6 nitrogen and oxygen atoms in total. The molecule has 2 heterocycles. The summed E-state index contributed by atoms with van der Waals surface area (Å²) in [5.41, 5.74) is 2.90. The lowest BCUT2D eigenvalue weighted by Crippen LogP contribution is -2.29. The van der Waals surface area contributed by atoms with Gasteiger partial charge in [0, 0.05) is 18.2 Å². The minimum absolute atomic E-state index is 0.230. The fourth-order valence-corrected chi connectivity index (χ4v) is 2.43. The molecule has 3 rings (SSSR count). The van der Waals surface area contributed by atoms with Crippen LogP contribution in [-0.2, 0) is 17.8 Å². The first kappa shape index (κ1) is 13.8. The van der Waals surface area contributed by atoms with Gasteiger partial charge in [0.15, 0.2) is 0 Å². The highest BCUT2D eigenvalue weighted by Crippen LogP contribution is 2.14. The zero-order valence-corrected chi connectivity index (χ0v) is 12.0. The molecule has 0 atom stereocenters. The Kier molecular flexibility index (Phi) is 3.53. The van der Waals surface area contributed by atoms with E-state index in [2.05, 4.69) is 10.4 Å². The van der Waals surface area contributed by atoms with Crippen LogP contribution in [0.1, 0.15) is 28.5 Å². The first-order valence-corrected chi connectivity index (χ1v) is 6.86. The van der Waals surface area contributed by atoms with Crippen LogP contribution in [-0.4, -0.2) is 27.8 Å². The van der Waals surface area contributed by atoms with Gasteiger partial charge >= 0.3 is 7.12 Å². The van der Waals surface area contributed by atoms with E-state index in [0.717, 1.165) is 11.3 Å². The zero-order chi connectivity index (χ0) is 15.0. The van der Waals surface area contributed by atoms with E-state index in [9.17, 15) is 9.82 Å². The van der Waals surface area contributed by atoms with Crippen LogP contribution in [0.25, 0.3) is 0 Å². The average Bonchev–Trinajstić information content (AvgIpc) is 3.02. The van der Waals surface area contributed by atoms with Crippen molar-refractivity contribution >= 4 is 24.3 Å². The summed E-state index contributed by atoms with van der Waals surface area (Å²) >= 11 is 0. The monoisotopic (exact) mass is 285 g/mol. The third kappa shape index (κ3) is 2.57. The summed E-state index contributed by atoms with van der Waals surface area (Å²) in [6.07, 6.45) is 0. The molecule has 0 saturated carbocycles. The Bertz CT molecular complexity index is 699. The molecule has 1 aromatic carbocycles. The molecule has 0 spiro atoms. The molecule has 1 aromatic heterocycles. The zero-order valence-electron chi connectivity index (χ0n) is 12.0. The van der Waals surface area contributed by atoms with E-state index >= 15 is 0 Å². The largest absolute Gasteiger partial charge is 0.491 e. The SMILES string of the molecule is CCn1nc(C)cc1NC(=O)c1ccc2c(c1)B(O)OC2. The lowest BCUT2D eigenvalue weighted by atomic mass is 9.79. The Morgan fingerprint density at radius 1 is 1.52 bits per heavy atom. The minimum atomic E-state index is -0.948. The van der Waals surface area contributed by atoms with E-state index < -0.39 is 7.12 Å². The Labute approximate surface area is 122 Å². The van der Waals surface area contributed by atoms with Crippen LogP contribution in [0.4, 0.5) is 5.82 Å². The molecule has 2 N–H and O–H groups in total. The Morgan fingerprint density at radius 2 is 2.33 bits per heavy atom. The molecular weight excluding hydrogens is 269 g/mol. The molecule has 0 fully saturated rings. The van der Waals surface area contributed by atoms with Gasteiger partial charge in [-0.3, -0.25) is 4.79 Å². The number of carbonyl (C=O) groups is 1. The lowest BCUT2D eigenvalue weighted by Gasteiger charge is -2.08. The summed E-state index contributed by atoms with van der Waals surface area (Å²) in [5, 5.41) is 16.8. The number of hydrogen-bond donors (Lipinski definition) is 2. The van der Waals surface area contributed by atoms with Crippen molar-refractivity contribution in [3.63, 3.8) is 0 Å². The number of benzene rings is 1. The van der Waals surface area contributed by atoms with Crippen molar-refractivity contribution in [3.05, 3.63) is 41.1 Å². The first-order chi connectivity index (χ1) is 10.1. The van der Waals surface area contributed by atoms with Crippen LogP contribution in [0.3, 0.4) is 0 Å². The summed E-state index contributed by atoms with van der Waals surface area (Å²) in [5.74, 6) is 0.434. The van der Waals surface area contributed by atoms with E-state index in [-0.39, 0.29) is 5.91 Å². The van der Waals surface area contributed by atoms with Crippen LogP contribution in [0.5, 0.6) is 0 Å². The molecule has 0 unspecified atom stereocenters. The summed E-state index contributed by atoms with van der Waals surface area (Å²) in [6.45, 7) is 4.90. The number of anilines is 1. The van der Waals surface area contributed by atoms with Gasteiger partial charge < -0.3 is 15.0 Å². The number of nitrogens with zero attached hydrogens (tertiary/aromatic N) is 2. The van der Waals surface area contributed by atoms with E-state index in [1.807, 2.05) is 26.0 Å². The first-order valence-electron chi connectivity index (χ1n) is 6.86. The molecule has 0 aliphatic carbocycles. The topological polar surface area (TPSA) is 76.4 Å². The van der Waals surface area contributed by atoms with E-state index in [1.54, 1.807) is 16.8 Å². The molecule has 108 valence electrons. The highest BCUT2D eigenvalue weighted by molar-refractivity contribution is 6.61. The van der Waals surface area contributed by atoms with Crippen molar-refractivity contribution in [3.8, 4) is 0 Å². The maximum atomic E-state index is 12.3. The van der Waals surface area contributed by atoms with Crippen LogP contribution in [0, 0.1) is 6.92 Å². The molecule has 2 aromatic rings. The molecule has 7 heteroatoms. The van der Waals surface area contributed by atoms with Crippen molar-refractivity contribution in [2.45, 2.75) is 27.0 Å². The highest BCUT2D eigenvalue weighted by Gasteiger charge is 2.28. The smallest absolute Gasteiger partial charge is 0.423 e. The van der Waals surface area contributed by atoms with Gasteiger partial charge in [0.1, 0.15) is 5.82 Å². The summed E-state index contributed by atoms with van der Waals surface area (Å²) in [7, 11) is -0.948. The number of aromatic nitrogens is 2. The maximum Gasteiger partial charge on any atom is 0.491 e. The molecule has 0 saturated heterocycles. The van der Waals surface area contributed by atoms with Gasteiger partial charge in [0.05, 0.1) is 12.3 Å². The number of rotatable bonds is 3. The van der Waals surface area contributed by atoms with E-state index in [4.69, 9.17) is 4.65 Å². The third-order valence-electron chi connectivity index (χ3n) is 3.51. The third-order valence-corrected chi connectivity index (χ3v) is 3.51. The van der Waals surface area contributed by atoms with Gasteiger partial charge in [0.25, 0.3) is 5.91 Å². The summed E-state index contributed by atoms with van der Waals surface area (Å²) < 4.78 is 6.86. The summed E-state index contributed by atoms with van der Waals surface area (Å²) in [4.78, 5) is 12.3. The standard InChI is InChI=1S/C14H16BN3O3/c1-3-18-13(6-9(2)17-18)16-14(19)10-4-5-11-8-21-15(20)12(11)7-10/h4-7,20H,3,8H2,1-2H3,(H,16,19).